The molecule has 0 unspecified atom stereocenters. The average Bonchev–Trinajstić information content (AvgIpc) is 2.94. The van der Waals surface area contributed by atoms with Crippen molar-refractivity contribution >= 4 is 51.6 Å². The molecule has 9 heteroatoms. The van der Waals surface area contributed by atoms with Gasteiger partial charge in [0.15, 0.2) is 11.5 Å². The standard InChI is InChI=1S/C30H22Cl2N4O3/c1-4-17-6-5-7-19(14-17)34-29-27-24(35-30(33)36-29)16-25(37-2)28(38-3)26(27)18-8-10-20(11-9-18)39-21-12-13-22(31)23(32)15-21/h1,5-16H,2-3H3,(H3,33,34,35,36). The second-order valence-electron chi connectivity index (χ2n) is 8.36. The van der Waals surface area contributed by atoms with E-state index in [4.69, 9.17) is 49.6 Å². The van der Waals surface area contributed by atoms with Crippen LogP contribution in [0.5, 0.6) is 23.0 Å². The summed E-state index contributed by atoms with van der Waals surface area (Å²) in [6.07, 6.45) is 5.59. The fourth-order valence-electron chi connectivity index (χ4n) is 4.18. The normalized spacial score (nSPS) is 10.6. The van der Waals surface area contributed by atoms with E-state index in [0.717, 1.165) is 16.8 Å². The number of halogens is 2. The Kier molecular flexibility index (Phi) is 7.33. The molecule has 0 fully saturated rings. The van der Waals surface area contributed by atoms with Crippen molar-refractivity contribution in [2.24, 2.45) is 0 Å². The molecule has 1 aromatic heterocycles. The second kappa shape index (κ2) is 11.0. The lowest BCUT2D eigenvalue weighted by Gasteiger charge is -2.19. The van der Waals surface area contributed by atoms with Gasteiger partial charge in [-0.1, -0.05) is 47.3 Å². The molecule has 5 rings (SSSR count). The topological polar surface area (TPSA) is 91.5 Å². The van der Waals surface area contributed by atoms with Crippen molar-refractivity contribution in [3.05, 3.63) is 88.4 Å². The molecule has 3 N–H and O–H groups in total. The number of nitrogens with zero attached hydrogens (tertiary/aromatic N) is 2. The van der Waals surface area contributed by atoms with E-state index in [1.807, 2.05) is 48.5 Å². The molecule has 0 spiro atoms. The van der Waals surface area contributed by atoms with E-state index in [9.17, 15) is 0 Å². The first-order valence-electron chi connectivity index (χ1n) is 11.7. The number of fused-ring (bicyclic) bond motifs is 1. The molecule has 0 aliphatic carbocycles. The molecule has 0 radical (unpaired) electrons. The summed E-state index contributed by atoms with van der Waals surface area (Å²) in [5.41, 5.74) is 9.66. The zero-order valence-electron chi connectivity index (χ0n) is 21.0. The molecule has 0 amide bonds. The van der Waals surface area contributed by atoms with Gasteiger partial charge in [0.25, 0.3) is 0 Å². The van der Waals surface area contributed by atoms with Gasteiger partial charge in [-0.2, -0.15) is 4.98 Å². The van der Waals surface area contributed by atoms with Crippen LogP contribution in [0.15, 0.2) is 72.8 Å². The predicted molar refractivity (Wildman–Crippen MR) is 157 cm³/mol. The fraction of sp³-hybridized carbons (Fsp3) is 0.0667. The fourth-order valence-corrected chi connectivity index (χ4v) is 4.47. The number of ether oxygens (including phenoxy) is 3. The molecule has 0 atom stereocenters. The lowest BCUT2D eigenvalue weighted by molar-refractivity contribution is 0.357. The van der Waals surface area contributed by atoms with Gasteiger partial charge in [0.1, 0.15) is 17.3 Å². The van der Waals surface area contributed by atoms with E-state index in [2.05, 4.69) is 21.2 Å². The monoisotopic (exact) mass is 556 g/mol. The molecular formula is C30H22Cl2N4O3. The minimum atomic E-state index is 0.0987. The van der Waals surface area contributed by atoms with Crippen LogP contribution in [0.2, 0.25) is 10.0 Å². The van der Waals surface area contributed by atoms with Crippen molar-refractivity contribution in [2.45, 2.75) is 0 Å². The third-order valence-corrected chi connectivity index (χ3v) is 6.65. The van der Waals surface area contributed by atoms with Gasteiger partial charge in [-0.3, -0.25) is 0 Å². The van der Waals surface area contributed by atoms with Gasteiger partial charge < -0.3 is 25.3 Å². The van der Waals surface area contributed by atoms with E-state index >= 15 is 0 Å². The van der Waals surface area contributed by atoms with E-state index in [1.54, 1.807) is 38.5 Å². The molecule has 194 valence electrons. The number of benzene rings is 4. The Bertz CT molecular complexity index is 1730. The molecule has 0 aliphatic rings. The lowest BCUT2D eigenvalue weighted by atomic mass is 9.98. The Morgan fingerprint density at radius 1 is 0.872 bits per heavy atom. The highest BCUT2D eigenvalue weighted by atomic mass is 35.5. The van der Waals surface area contributed by atoms with Crippen LogP contribution in [0.25, 0.3) is 22.0 Å². The zero-order valence-corrected chi connectivity index (χ0v) is 22.5. The second-order valence-corrected chi connectivity index (χ2v) is 9.18. The minimum absolute atomic E-state index is 0.0987. The van der Waals surface area contributed by atoms with Gasteiger partial charge in [0, 0.05) is 28.9 Å². The number of anilines is 3. The number of nitrogen functional groups attached to an aromatic ring is 1. The van der Waals surface area contributed by atoms with Crippen LogP contribution in [-0.4, -0.2) is 24.2 Å². The summed E-state index contributed by atoms with van der Waals surface area (Å²) in [4.78, 5) is 9.00. The number of terminal acetylenes is 1. The van der Waals surface area contributed by atoms with Crippen molar-refractivity contribution in [3.63, 3.8) is 0 Å². The molecular weight excluding hydrogens is 535 g/mol. The maximum atomic E-state index is 6.13. The molecule has 7 nitrogen and oxygen atoms in total. The molecule has 5 aromatic rings. The number of aromatic nitrogens is 2. The number of hydrogen-bond acceptors (Lipinski definition) is 7. The van der Waals surface area contributed by atoms with Crippen molar-refractivity contribution in [3.8, 4) is 46.5 Å². The van der Waals surface area contributed by atoms with E-state index in [-0.39, 0.29) is 5.95 Å². The first-order valence-corrected chi connectivity index (χ1v) is 12.4. The van der Waals surface area contributed by atoms with Crippen molar-refractivity contribution in [1.29, 1.82) is 0 Å². The summed E-state index contributed by atoms with van der Waals surface area (Å²) in [6, 6.07) is 21.8. The van der Waals surface area contributed by atoms with Gasteiger partial charge in [0.05, 0.1) is 35.2 Å². The molecule has 1 heterocycles. The minimum Gasteiger partial charge on any atom is -0.493 e. The summed E-state index contributed by atoms with van der Waals surface area (Å²) < 4.78 is 17.4. The molecule has 0 saturated heterocycles. The summed E-state index contributed by atoms with van der Waals surface area (Å²) >= 11 is 12.1. The highest BCUT2D eigenvalue weighted by molar-refractivity contribution is 6.42. The van der Waals surface area contributed by atoms with Gasteiger partial charge in [-0.15, -0.1) is 6.42 Å². The number of hydrogen-bond donors (Lipinski definition) is 2. The highest BCUT2D eigenvalue weighted by Crippen LogP contribution is 2.46. The first-order chi connectivity index (χ1) is 18.9. The van der Waals surface area contributed by atoms with Gasteiger partial charge in [0.2, 0.25) is 5.95 Å². The SMILES string of the molecule is C#Cc1cccc(Nc2nc(N)nc3cc(OC)c(OC)c(-c4ccc(Oc5ccc(Cl)c(Cl)c5)cc4)c23)c1. The van der Waals surface area contributed by atoms with Crippen molar-refractivity contribution < 1.29 is 14.2 Å². The largest absolute Gasteiger partial charge is 0.493 e. The van der Waals surface area contributed by atoms with E-state index in [0.29, 0.717) is 55.3 Å². The van der Waals surface area contributed by atoms with E-state index < -0.39 is 0 Å². The van der Waals surface area contributed by atoms with Crippen molar-refractivity contribution in [1.82, 2.24) is 9.97 Å². The maximum absolute atomic E-state index is 6.13. The van der Waals surface area contributed by atoms with Crippen LogP contribution in [0, 0.1) is 12.3 Å². The van der Waals surface area contributed by atoms with Crippen LogP contribution < -0.4 is 25.3 Å². The zero-order chi connectivity index (χ0) is 27.5. The summed E-state index contributed by atoms with van der Waals surface area (Å²) in [5.74, 6) is 5.40. The molecule has 39 heavy (non-hydrogen) atoms. The lowest BCUT2D eigenvalue weighted by Crippen LogP contribution is -2.04. The average molecular weight is 557 g/mol. The Hall–Kier alpha value is -4.64. The number of nitrogens with one attached hydrogen (secondary N) is 1. The van der Waals surface area contributed by atoms with Gasteiger partial charge in [-0.05, 0) is 48.0 Å². The van der Waals surface area contributed by atoms with Gasteiger partial charge in [-0.25, -0.2) is 4.98 Å². The summed E-state index contributed by atoms with van der Waals surface area (Å²) in [5, 5.41) is 4.89. The quantitative estimate of drug-likeness (QED) is 0.198. The Labute approximate surface area is 235 Å². The first kappa shape index (κ1) is 26.0. The Morgan fingerprint density at radius 2 is 1.64 bits per heavy atom. The van der Waals surface area contributed by atoms with Crippen LogP contribution >= 0.6 is 23.2 Å². The molecule has 0 aliphatic heterocycles. The number of methoxy groups -OCH3 is 2. The summed E-state index contributed by atoms with van der Waals surface area (Å²) in [7, 11) is 3.15. The number of nitrogens with two attached hydrogens (primary N) is 1. The third kappa shape index (κ3) is 5.34. The highest BCUT2D eigenvalue weighted by Gasteiger charge is 2.22. The van der Waals surface area contributed by atoms with Crippen molar-refractivity contribution in [2.75, 3.05) is 25.3 Å². The third-order valence-electron chi connectivity index (χ3n) is 5.91. The van der Waals surface area contributed by atoms with Gasteiger partial charge >= 0.3 is 0 Å². The smallest absolute Gasteiger partial charge is 0.222 e. The van der Waals surface area contributed by atoms with Crippen LogP contribution in [0.3, 0.4) is 0 Å². The van der Waals surface area contributed by atoms with Crippen LogP contribution in [0.4, 0.5) is 17.5 Å². The Balaban J connectivity index is 1.65. The van der Waals surface area contributed by atoms with E-state index in [1.165, 1.54) is 0 Å². The summed E-state index contributed by atoms with van der Waals surface area (Å²) in [6.45, 7) is 0. The molecule has 4 aromatic carbocycles. The Morgan fingerprint density at radius 3 is 2.33 bits per heavy atom. The molecule has 0 saturated carbocycles. The molecule has 0 bridgehead atoms. The van der Waals surface area contributed by atoms with Crippen LogP contribution in [0.1, 0.15) is 5.56 Å². The number of rotatable bonds is 7. The maximum Gasteiger partial charge on any atom is 0.222 e. The predicted octanol–water partition coefficient (Wildman–Crippen LogP) is 7.72. The van der Waals surface area contributed by atoms with Crippen LogP contribution in [-0.2, 0) is 0 Å².